The molecule has 1 aromatic rings. The number of ether oxygens (including phenoxy) is 1. The van der Waals surface area contributed by atoms with E-state index in [9.17, 15) is 4.79 Å². The number of esters is 1. The van der Waals surface area contributed by atoms with Crippen LogP contribution in [-0.4, -0.2) is 5.97 Å². The van der Waals surface area contributed by atoms with Crippen LogP contribution in [0.25, 0.3) is 0 Å². The second-order valence-electron chi connectivity index (χ2n) is 5.20. The summed E-state index contributed by atoms with van der Waals surface area (Å²) in [5.74, 6) is -0.296. The maximum Gasteiger partial charge on any atom is 0.340 e. The van der Waals surface area contributed by atoms with Crippen molar-refractivity contribution in [2.75, 3.05) is 0 Å². The lowest BCUT2D eigenvalue weighted by atomic mass is 9.78. The van der Waals surface area contributed by atoms with Gasteiger partial charge in [0.1, 0.15) is 0 Å². The van der Waals surface area contributed by atoms with Gasteiger partial charge in [-0.15, -0.1) is 0 Å². The van der Waals surface area contributed by atoms with Crippen LogP contribution in [0, 0.1) is 0 Å². The van der Waals surface area contributed by atoms with E-state index in [0.717, 1.165) is 16.7 Å². The van der Waals surface area contributed by atoms with Crippen LogP contribution in [0.1, 0.15) is 64.4 Å². The summed E-state index contributed by atoms with van der Waals surface area (Å²) in [5.41, 5.74) is 2.41. The molecule has 0 aliphatic carbocycles. The standard InChI is InChI=1S/C21H22O2.2C2H6/c1-5-9-13-17(8-4)21(16(7-3)12-6-2)19-15-11-10-14-18(19)20(22)23-21;2*1-2/h5-15H,1H2,2-4H3;2*1-2H3/b12-6-,13-9-,16-7+,17-8+;;. The van der Waals surface area contributed by atoms with E-state index in [1.54, 1.807) is 6.08 Å². The van der Waals surface area contributed by atoms with Gasteiger partial charge in [0, 0.05) is 16.7 Å². The Balaban J connectivity index is 0.00000158. The molecular formula is C25H34O2. The van der Waals surface area contributed by atoms with Crippen molar-refractivity contribution in [3.63, 3.8) is 0 Å². The average molecular weight is 367 g/mol. The highest BCUT2D eigenvalue weighted by molar-refractivity contribution is 5.96. The monoisotopic (exact) mass is 366 g/mol. The smallest absolute Gasteiger partial charge is 0.340 e. The van der Waals surface area contributed by atoms with Crippen LogP contribution in [0.15, 0.2) is 84.5 Å². The Morgan fingerprint density at radius 1 is 0.963 bits per heavy atom. The maximum atomic E-state index is 12.5. The van der Waals surface area contributed by atoms with Gasteiger partial charge in [0.25, 0.3) is 0 Å². The molecule has 1 aliphatic heterocycles. The van der Waals surface area contributed by atoms with Gasteiger partial charge in [-0.1, -0.05) is 95.0 Å². The molecule has 0 fully saturated rings. The van der Waals surface area contributed by atoms with Gasteiger partial charge in [0.05, 0.1) is 5.56 Å². The van der Waals surface area contributed by atoms with Gasteiger partial charge in [0.2, 0.25) is 0 Å². The summed E-state index contributed by atoms with van der Waals surface area (Å²) in [6.45, 7) is 17.6. The molecule has 1 unspecified atom stereocenters. The number of cyclic esters (lactones) is 1. The maximum absolute atomic E-state index is 12.5. The number of fused-ring (bicyclic) bond motifs is 1. The Hall–Kier alpha value is -2.61. The summed E-state index contributed by atoms with van der Waals surface area (Å²) in [7, 11) is 0. The van der Waals surface area contributed by atoms with Gasteiger partial charge < -0.3 is 4.74 Å². The zero-order chi connectivity index (χ0) is 20.9. The summed E-state index contributed by atoms with van der Waals surface area (Å²) in [6.07, 6.45) is 13.4. The molecule has 1 atom stereocenters. The second-order valence-corrected chi connectivity index (χ2v) is 5.20. The fourth-order valence-electron chi connectivity index (χ4n) is 3.00. The van der Waals surface area contributed by atoms with E-state index in [2.05, 4.69) is 6.58 Å². The predicted octanol–water partition coefficient (Wildman–Crippen LogP) is 7.32. The summed E-state index contributed by atoms with van der Waals surface area (Å²) < 4.78 is 5.96. The molecule has 0 saturated carbocycles. The molecule has 1 aromatic carbocycles. The number of carbonyl (C=O) groups excluding carboxylic acids is 1. The molecule has 0 radical (unpaired) electrons. The Morgan fingerprint density at radius 2 is 1.52 bits per heavy atom. The molecule has 0 saturated heterocycles. The number of rotatable bonds is 5. The van der Waals surface area contributed by atoms with Crippen molar-refractivity contribution in [2.45, 2.75) is 54.1 Å². The first-order valence-electron chi connectivity index (χ1n) is 9.73. The lowest BCUT2D eigenvalue weighted by Crippen LogP contribution is -2.30. The number of carbonyl (C=O) groups is 1. The Labute approximate surface area is 165 Å². The Morgan fingerprint density at radius 3 is 2.04 bits per heavy atom. The largest absolute Gasteiger partial charge is 0.441 e. The second kappa shape index (κ2) is 12.7. The normalized spacial score (nSPS) is 19.0. The van der Waals surface area contributed by atoms with Crippen LogP contribution in [0.4, 0.5) is 0 Å². The number of hydrogen-bond acceptors (Lipinski definition) is 2. The van der Waals surface area contributed by atoms with Crippen LogP contribution in [0.3, 0.4) is 0 Å². The van der Waals surface area contributed by atoms with Crippen molar-refractivity contribution in [3.8, 4) is 0 Å². The summed E-state index contributed by atoms with van der Waals surface area (Å²) >= 11 is 0. The molecule has 2 heteroatoms. The third-order valence-corrected chi connectivity index (χ3v) is 3.97. The summed E-state index contributed by atoms with van der Waals surface area (Å²) in [4.78, 5) is 12.5. The quantitative estimate of drug-likeness (QED) is 0.403. The topological polar surface area (TPSA) is 26.3 Å². The Kier molecular flexibility index (Phi) is 11.5. The molecule has 1 heterocycles. The number of benzene rings is 1. The molecule has 2 nitrogen and oxygen atoms in total. The van der Waals surface area contributed by atoms with Crippen molar-refractivity contribution in [1.29, 1.82) is 0 Å². The molecule has 0 N–H and O–H groups in total. The third kappa shape index (κ3) is 4.97. The van der Waals surface area contributed by atoms with E-state index < -0.39 is 5.60 Å². The first-order chi connectivity index (χ1) is 13.1. The van der Waals surface area contributed by atoms with E-state index >= 15 is 0 Å². The van der Waals surface area contributed by atoms with Crippen LogP contribution in [-0.2, 0) is 10.3 Å². The fourth-order valence-corrected chi connectivity index (χ4v) is 3.00. The Bertz CT molecular complexity index is 732. The molecular weight excluding hydrogens is 332 g/mol. The van der Waals surface area contributed by atoms with Gasteiger partial charge in [-0.25, -0.2) is 4.79 Å². The highest BCUT2D eigenvalue weighted by atomic mass is 16.6. The molecule has 27 heavy (non-hydrogen) atoms. The lowest BCUT2D eigenvalue weighted by Gasteiger charge is -2.32. The highest BCUT2D eigenvalue weighted by Crippen LogP contribution is 2.48. The third-order valence-electron chi connectivity index (χ3n) is 3.97. The first-order valence-corrected chi connectivity index (χ1v) is 9.73. The van der Waals surface area contributed by atoms with Gasteiger partial charge in [-0.05, 0) is 26.8 Å². The molecule has 0 bridgehead atoms. The van der Waals surface area contributed by atoms with Gasteiger partial charge in [-0.3, -0.25) is 0 Å². The van der Waals surface area contributed by atoms with E-state index in [4.69, 9.17) is 4.74 Å². The average Bonchev–Trinajstić information content (AvgIpc) is 3.03. The van der Waals surface area contributed by atoms with Crippen molar-refractivity contribution in [3.05, 3.63) is 95.6 Å². The van der Waals surface area contributed by atoms with E-state index in [0.29, 0.717) is 5.56 Å². The van der Waals surface area contributed by atoms with E-state index in [1.165, 1.54) is 0 Å². The minimum Gasteiger partial charge on any atom is -0.441 e. The number of hydrogen-bond donors (Lipinski definition) is 0. The van der Waals surface area contributed by atoms with Crippen LogP contribution >= 0.6 is 0 Å². The zero-order valence-electron chi connectivity index (χ0n) is 17.9. The fraction of sp³-hybridized carbons (Fsp3) is 0.320. The van der Waals surface area contributed by atoms with Crippen LogP contribution in [0.2, 0.25) is 0 Å². The van der Waals surface area contributed by atoms with E-state index in [-0.39, 0.29) is 5.97 Å². The molecule has 1 aliphatic rings. The number of allylic oxidation sites excluding steroid dienone is 5. The lowest BCUT2D eigenvalue weighted by molar-refractivity contribution is 0.0246. The SMILES string of the molecule is C=C/C=C\C(=C/C)C1(C(/C=C\C)=C/C)OC(=O)c2ccccc21.CC.CC. The summed E-state index contributed by atoms with van der Waals surface area (Å²) in [6, 6.07) is 7.56. The van der Waals surface area contributed by atoms with Crippen molar-refractivity contribution in [2.24, 2.45) is 0 Å². The van der Waals surface area contributed by atoms with Gasteiger partial charge in [0.15, 0.2) is 5.60 Å². The molecule has 2 rings (SSSR count). The minimum absolute atomic E-state index is 0.296. The molecule has 146 valence electrons. The minimum atomic E-state index is -0.913. The van der Waals surface area contributed by atoms with Crippen LogP contribution in [0.5, 0.6) is 0 Å². The van der Waals surface area contributed by atoms with E-state index in [1.807, 2.05) is 109 Å². The predicted molar refractivity (Wildman–Crippen MR) is 118 cm³/mol. The van der Waals surface area contributed by atoms with Crippen molar-refractivity contribution < 1.29 is 9.53 Å². The molecule has 0 spiro atoms. The van der Waals surface area contributed by atoms with Crippen LogP contribution < -0.4 is 0 Å². The van der Waals surface area contributed by atoms with Gasteiger partial charge >= 0.3 is 5.97 Å². The molecule has 0 amide bonds. The van der Waals surface area contributed by atoms with Gasteiger partial charge in [-0.2, -0.15) is 0 Å². The zero-order valence-corrected chi connectivity index (χ0v) is 17.9. The molecule has 0 aromatic heterocycles. The summed E-state index contributed by atoms with van der Waals surface area (Å²) in [5, 5.41) is 0. The first kappa shape index (κ1) is 24.4. The van der Waals surface area contributed by atoms with Crippen molar-refractivity contribution in [1.82, 2.24) is 0 Å². The van der Waals surface area contributed by atoms with Crippen molar-refractivity contribution >= 4 is 5.97 Å². The highest BCUT2D eigenvalue weighted by Gasteiger charge is 2.49.